The van der Waals surface area contributed by atoms with E-state index in [2.05, 4.69) is 17.6 Å². The number of rotatable bonds is 8. The number of carbonyl (C=O) groups excluding carboxylic acids is 2. The molecule has 1 aromatic carbocycles. The van der Waals surface area contributed by atoms with Crippen molar-refractivity contribution in [2.45, 2.75) is 77.8 Å². The molecule has 1 aromatic rings. The zero-order chi connectivity index (χ0) is 18.9. The van der Waals surface area contributed by atoms with E-state index < -0.39 is 0 Å². The minimum atomic E-state index is 0.0166. The summed E-state index contributed by atoms with van der Waals surface area (Å²) in [5.41, 5.74) is 0.725. The van der Waals surface area contributed by atoms with Gasteiger partial charge in [0, 0.05) is 24.1 Å². The van der Waals surface area contributed by atoms with Crippen LogP contribution in [-0.2, 0) is 4.79 Å². The summed E-state index contributed by atoms with van der Waals surface area (Å²) in [6.07, 6.45) is 7.53. The van der Waals surface area contributed by atoms with Crippen LogP contribution in [0.5, 0.6) is 0 Å². The second kappa shape index (κ2) is 10.3. The quantitative estimate of drug-likeness (QED) is 0.727. The van der Waals surface area contributed by atoms with Crippen LogP contribution in [0, 0.1) is 11.8 Å². The van der Waals surface area contributed by atoms with Crippen LogP contribution in [0.4, 0.5) is 0 Å². The van der Waals surface area contributed by atoms with Gasteiger partial charge in [0.05, 0.1) is 0 Å². The molecule has 0 heterocycles. The van der Waals surface area contributed by atoms with E-state index >= 15 is 0 Å². The molecular formula is C22H34N2O2. The zero-order valence-corrected chi connectivity index (χ0v) is 16.5. The van der Waals surface area contributed by atoms with Crippen molar-refractivity contribution in [1.82, 2.24) is 10.6 Å². The van der Waals surface area contributed by atoms with E-state index in [-0.39, 0.29) is 23.9 Å². The largest absolute Gasteiger partial charge is 0.354 e. The van der Waals surface area contributed by atoms with Crippen molar-refractivity contribution in [3.63, 3.8) is 0 Å². The minimum absolute atomic E-state index is 0.0166. The smallest absolute Gasteiger partial charge is 0.251 e. The molecule has 144 valence electrons. The van der Waals surface area contributed by atoms with Gasteiger partial charge in [0.25, 0.3) is 5.91 Å². The van der Waals surface area contributed by atoms with Crippen LogP contribution in [0.3, 0.4) is 0 Å². The van der Waals surface area contributed by atoms with Crippen LogP contribution in [0.15, 0.2) is 30.3 Å². The Balaban J connectivity index is 1.65. The lowest BCUT2D eigenvalue weighted by Gasteiger charge is -2.30. The summed E-state index contributed by atoms with van der Waals surface area (Å²) in [6.45, 7) is 6.10. The van der Waals surface area contributed by atoms with Gasteiger partial charge in [0.15, 0.2) is 0 Å². The van der Waals surface area contributed by atoms with E-state index in [1.807, 2.05) is 44.2 Å². The van der Waals surface area contributed by atoms with Crippen LogP contribution in [0.25, 0.3) is 0 Å². The number of carbonyl (C=O) groups is 2. The van der Waals surface area contributed by atoms with Crippen molar-refractivity contribution in [1.29, 1.82) is 0 Å². The fourth-order valence-electron chi connectivity index (χ4n) is 3.94. The van der Waals surface area contributed by atoms with E-state index in [0.717, 1.165) is 18.4 Å². The molecule has 0 bridgehead atoms. The predicted octanol–water partition coefficient (Wildman–Crippen LogP) is 4.31. The third kappa shape index (κ3) is 7.19. The molecular weight excluding hydrogens is 324 g/mol. The topological polar surface area (TPSA) is 58.2 Å². The van der Waals surface area contributed by atoms with E-state index in [1.165, 1.54) is 25.7 Å². The lowest BCUT2D eigenvalue weighted by atomic mass is 9.78. The number of amides is 2. The summed E-state index contributed by atoms with van der Waals surface area (Å²) >= 11 is 0. The average Bonchev–Trinajstić information content (AvgIpc) is 2.61. The summed E-state index contributed by atoms with van der Waals surface area (Å²) in [5.74, 6) is 1.56. The molecule has 2 rings (SSSR count). The number of hydrogen-bond donors (Lipinski definition) is 2. The van der Waals surface area contributed by atoms with Gasteiger partial charge in [-0.25, -0.2) is 0 Å². The fourth-order valence-corrected chi connectivity index (χ4v) is 3.94. The Morgan fingerprint density at radius 2 is 1.58 bits per heavy atom. The highest BCUT2D eigenvalue weighted by Gasteiger charge is 2.23. The van der Waals surface area contributed by atoms with Crippen molar-refractivity contribution in [3.05, 3.63) is 35.9 Å². The zero-order valence-electron chi connectivity index (χ0n) is 16.5. The molecule has 2 amide bonds. The maximum absolute atomic E-state index is 12.2. The molecule has 1 fully saturated rings. The standard InChI is InChI=1S/C22H34N2O2/c1-16(2)23-21(25)14-13-18-9-11-19(12-10-18)15-17(3)24-22(26)20-7-5-4-6-8-20/h4-8,16-19H,9-15H2,1-3H3,(H,23,25)(H,24,26). The summed E-state index contributed by atoms with van der Waals surface area (Å²) in [6, 6.07) is 9.83. The molecule has 0 spiro atoms. The highest BCUT2D eigenvalue weighted by atomic mass is 16.2. The van der Waals surface area contributed by atoms with Crippen molar-refractivity contribution < 1.29 is 9.59 Å². The van der Waals surface area contributed by atoms with Gasteiger partial charge in [-0.3, -0.25) is 9.59 Å². The van der Waals surface area contributed by atoms with Crippen LogP contribution in [-0.4, -0.2) is 23.9 Å². The minimum Gasteiger partial charge on any atom is -0.354 e. The van der Waals surface area contributed by atoms with E-state index in [0.29, 0.717) is 18.3 Å². The van der Waals surface area contributed by atoms with Gasteiger partial charge in [0.2, 0.25) is 5.91 Å². The Labute approximate surface area is 158 Å². The number of nitrogens with one attached hydrogen (secondary N) is 2. The second-order valence-corrected chi connectivity index (χ2v) is 8.12. The Bertz CT molecular complexity index is 563. The van der Waals surface area contributed by atoms with Gasteiger partial charge in [-0.2, -0.15) is 0 Å². The first-order valence-corrected chi connectivity index (χ1v) is 10.1. The molecule has 1 atom stereocenters. The summed E-state index contributed by atoms with van der Waals surface area (Å²) in [5, 5.41) is 6.09. The van der Waals surface area contributed by atoms with Gasteiger partial charge in [-0.1, -0.05) is 43.9 Å². The van der Waals surface area contributed by atoms with Gasteiger partial charge >= 0.3 is 0 Å². The molecule has 0 saturated heterocycles. The van der Waals surface area contributed by atoms with E-state index in [4.69, 9.17) is 0 Å². The molecule has 26 heavy (non-hydrogen) atoms. The number of hydrogen-bond acceptors (Lipinski definition) is 2. The highest BCUT2D eigenvalue weighted by Crippen LogP contribution is 2.33. The lowest BCUT2D eigenvalue weighted by molar-refractivity contribution is -0.121. The van der Waals surface area contributed by atoms with Crippen LogP contribution in [0.2, 0.25) is 0 Å². The number of benzene rings is 1. The van der Waals surface area contributed by atoms with Gasteiger partial charge < -0.3 is 10.6 Å². The Hall–Kier alpha value is -1.84. The van der Waals surface area contributed by atoms with E-state index in [1.54, 1.807) is 0 Å². The molecule has 0 aromatic heterocycles. The second-order valence-electron chi connectivity index (χ2n) is 8.12. The SMILES string of the molecule is CC(C)NC(=O)CCC1CCC(CC(C)NC(=O)c2ccccc2)CC1. The van der Waals surface area contributed by atoms with Crippen molar-refractivity contribution in [2.24, 2.45) is 11.8 Å². The Kier molecular flexibility index (Phi) is 8.14. The summed E-state index contributed by atoms with van der Waals surface area (Å²) in [4.78, 5) is 24.0. The summed E-state index contributed by atoms with van der Waals surface area (Å²) < 4.78 is 0. The van der Waals surface area contributed by atoms with Crippen LogP contribution < -0.4 is 10.6 Å². The van der Waals surface area contributed by atoms with Gasteiger partial charge in [0.1, 0.15) is 0 Å². The summed E-state index contributed by atoms with van der Waals surface area (Å²) in [7, 11) is 0. The molecule has 2 N–H and O–H groups in total. The Morgan fingerprint density at radius 1 is 0.962 bits per heavy atom. The maximum atomic E-state index is 12.2. The molecule has 0 radical (unpaired) electrons. The molecule has 1 aliphatic rings. The third-order valence-corrected chi connectivity index (χ3v) is 5.30. The lowest BCUT2D eigenvalue weighted by Crippen LogP contribution is -2.34. The monoisotopic (exact) mass is 358 g/mol. The van der Waals surface area contributed by atoms with Gasteiger partial charge in [-0.05, 0) is 57.6 Å². The van der Waals surface area contributed by atoms with Crippen molar-refractivity contribution >= 4 is 11.8 Å². The van der Waals surface area contributed by atoms with E-state index in [9.17, 15) is 9.59 Å². The van der Waals surface area contributed by atoms with Gasteiger partial charge in [-0.15, -0.1) is 0 Å². The molecule has 1 saturated carbocycles. The average molecular weight is 359 g/mol. The first kappa shape index (κ1) is 20.5. The predicted molar refractivity (Wildman–Crippen MR) is 106 cm³/mol. The normalized spacial score (nSPS) is 21.2. The maximum Gasteiger partial charge on any atom is 0.251 e. The van der Waals surface area contributed by atoms with Crippen LogP contribution in [0.1, 0.15) is 76.1 Å². The van der Waals surface area contributed by atoms with Crippen molar-refractivity contribution in [2.75, 3.05) is 0 Å². The first-order valence-electron chi connectivity index (χ1n) is 10.1. The Morgan fingerprint density at radius 3 is 2.19 bits per heavy atom. The molecule has 4 heteroatoms. The highest BCUT2D eigenvalue weighted by molar-refractivity contribution is 5.94. The third-order valence-electron chi connectivity index (χ3n) is 5.30. The fraction of sp³-hybridized carbons (Fsp3) is 0.636. The first-order chi connectivity index (χ1) is 12.4. The van der Waals surface area contributed by atoms with Crippen LogP contribution >= 0.6 is 0 Å². The molecule has 4 nitrogen and oxygen atoms in total. The van der Waals surface area contributed by atoms with Crippen molar-refractivity contribution in [3.8, 4) is 0 Å². The molecule has 1 aliphatic carbocycles. The molecule has 1 unspecified atom stereocenters. The molecule has 0 aliphatic heterocycles.